The van der Waals surface area contributed by atoms with Crippen molar-refractivity contribution in [3.05, 3.63) is 47.3 Å². The number of nitrogens with one attached hydrogen (secondary N) is 1. The molecule has 0 amide bonds. The molecule has 1 saturated heterocycles. The standard InChI is InChI=1S/C18H24N4O2S2.HI/c1-2-14-5-7-16(8-6-14)21-18(19)20-12-15-9-10-22(13-15)26(23,24)17-4-3-11-25-17;/h3-8,11,15H,2,9-10,12-13H2,1H3,(H3,19,20,21);1H. The van der Waals surface area contributed by atoms with Gasteiger partial charge in [-0.2, -0.15) is 4.31 Å². The summed E-state index contributed by atoms with van der Waals surface area (Å²) >= 11 is 1.25. The van der Waals surface area contributed by atoms with Crippen LogP contribution in [0.15, 0.2) is 51.0 Å². The third-order valence-corrected chi connectivity index (χ3v) is 7.73. The molecule has 6 nitrogen and oxygen atoms in total. The van der Waals surface area contributed by atoms with E-state index in [-0.39, 0.29) is 29.9 Å². The summed E-state index contributed by atoms with van der Waals surface area (Å²) < 4.78 is 27.0. The predicted molar refractivity (Wildman–Crippen MR) is 123 cm³/mol. The number of nitrogens with zero attached hydrogens (tertiary/aromatic N) is 2. The molecule has 1 aliphatic rings. The highest BCUT2D eigenvalue weighted by molar-refractivity contribution is 14.0. The Hall–Kier alpha value is -1.17. The van der Waals surface area contributed by atoms with Gasteiger partial charge in [0.15, 0.2) is 5.96 Å². The lowest BCUT2D eigenvalue weighted by Crippen LogP contribution is -2.29. The molecule has 1 aromatic carbocycles. The lowest BCUT2D eigenvalue weighted by Gasteiger charge is -2.15. The number of guanidine groups is 1. The Morgan fingerprint density at radius 1 is 1.33 bits per heavy atom. The van der Waals surface area contributed by atoms with Crippen LogP contribution >= 0.6 is 35.3 Å². The fourth-order valence-corrected chi connectivity index (χ4v) is 5.62. The van der Waals surface area contributed by atoms with E-state index in [2.05, 4.69) is 29.4 Å². The zero-order chi connectivity index (χ0) is 18.6. The maximum atomic E-state index is 12.5. The van der Waals surface area contributed by atoms with Gasteiger partial charge in [-0.15, -0.1) is 35.3 Å². The van der Waals surface area contributed by atoms with Gasteiger partial charge in [0.25, 0.3) is 10.0 Å². The van der Waals surface area contributed by atoms with Crippen molar-refractivity contribution in [2.24, 2.45) is 16.6 Å². The number of rotatable bonds is 6. The van der Waals surface area contributed by atoms with Crippen molar-refractivity contribution in [3.63, 3.8) is 0 Å². The van der Waals surface area contributed by atoms with Crippen molar-refractivity contribution in [1.82, 2.24) is 4.31 Å². The first-order valence-corrected chi connectivity index (χ1v) is 11.0. The number of halogens is 1. The molecule has 1 aliphatic heterocycles. The maximum absolute atomic E-state index is 12.5. The highest BCUT2D eigenvalue weighted by Crippen LogP contribution is 2.27. The van der Waals surface area contributed by atoms with Gasteiger partial charge in [0.05, 0.1) is 0 Å². The molecule has 148 valence electrons. The lowest BCUT2D eigenvalue weighted by molar-refractivity contribution is 0.461. The Balaban J connectivity index is 0.00000261. The zero-order valence-corrected chi connectivity index (χ0v) is 19.1. The molecule has 1 aromatic heterocycles. The van der Waals surface area contributed by atoms with Gasteiger partial charge in [0.1, 0.15) is 4.21 Å². The third-order valence-electron chi connectivity index (χ3n) is 4.49. The van der Waals surface area contributed by atoms with Crippen molar-refractivity contribution in [1.29, 1.82) is 0 Å². The summed E-state index contributed by atoms with van der Waals surface area (Å²) in [5.74, 6) is 0.543. The van der Waals surface area contributed by atoms with Crippen LogP contribution in [0.25, 0.3) is 0 Å². The van der Waals surface area contributed by atoms with Crippen LogP contribution in [0.3, 0.4) is 0 Å². The van der Waals surface area contributed by atoms with E-state index in [4.69, 9.17) is 5.73 Å². The first kappa shape index (κ1) is 22.1. The fraction of sp³-hybridized carbons (Fsp3) is 0.389. The van der Waals surface area contributed by atoms with Crippen LogP contribution < -0.4 is 11.1 Å². The highest BCUT2D eigenvalue weighted by Gasteiger charge is 2.32. The number of aliphatic imine (C=N–C) groups is 1. The molecule has 3 N–H and O–H groups in total. The molecular formula is C18H25IN4O2S2. The number of aryl methyl sites for hydroxylation is 1. The summed E-state index contributed by atoms with van der Waals surface area (Å²) in [6.45, 7) is 3.65. The molecule has 1 unspecified atom stereocenters. The van der Waals surface area contributed by atoms with Gasteiger partial charge in [-0.1, -0.05) is 25.1 Å². The number of anilines is 1. The van der Waals surface area contributed by atoms with Crippen molar-refractivity contribution < 1.29 is 8.42 Å². The molecule has 1 atom stereocenters. The van der Waals surface area contributed by atoms with E-state index in [1.54, 1.807) is 21.8 Å². The third kappa shape index (κ3) is 5.66. The SMILES string of the molecule is CCc1ccc(NC(N)=NCC2CCN(S(=O)(=O)c3cccs3)C2)cc1.I. The minimum absolute atomic E-state index is 0. The summed E-state index contributed by atoms with van der Waals surface area (Å²) in [6, 6.07) is 11.5. The van der Waals surface area contributed by atoms with E-state index in [0.717, 1.165) is 18.5 Å². The molecule has 0 radical (unpaired) electrons. The van der Waals surface area contributed by atoms with Gasteiger partial charge >= 0.3 is 0 Å². The molecule has 27 heavy (non-hydrogen) atoms. The van der Waals surface area contributed by atoms with E-state index in [1.165, 1.54) is 16.9 Å². The Morgan fingerprint density at radius 3 is 2.70 bits per heavy atom. The average molecular weight is 520 g/mol. The predicted octanol–water partition coefficient (Wildman–Crippen LogP) is 3.37. The molecule has 0 saturated carbocycles. The van der Waals surface area contributed by atoms with E-state index in [9.17, 15) is 8.42 Å². The van der Waals surface area contributed by atoms with Gasteiger partial charge in [0.2, 0.25) is 0 Å². The van der Waals surface area contributed by atoms with Crippen LogP contribution in [-0.4, -0.2) is 38.3 Å². The summed E-state index contributed by atoms with van der Waals surface area (Å²) in [5, 5.41) is 4.86. The van der Waals surface area contributed by atoms with Crippen LogP contribution in [0.1, 0.15) is 18.9 Å². The van der Waals surface area contributed by atoms with E-state index < -0.39 is 10.0 Å². The normalized spacial score (nSPS) is 18.3. The Kier molecular flexibility index (Phi) is 8.07. The maximum Gasteiger partial charge on any atom is 0.252 e. The molecule has 9 heteroatoms. The monoisotopic (exact) mass is 520 g/mol. The van der Waals surface area contributed by atoms with Crippen molar-refractivity contribution in [2.75, 3.05) is 25.0 Å². The smallest absolute Gasteiger partial charge is 0.252 e. The summed E-state index contributed by atoms with van der Waals surface area (Å²) in [4.78, 5) is 4.39. The Morgan fingerprint density at radius 2 is 2.07 bits per heavy atom. The van der Waals surface area contributed by atoms with Crippen LogP contribution in [0.5, 0.6) is 0 Å². The van der Waals surface area contributed by atoms with Crippen molar-refractivity contribution in [2.45, 2.75) is 24.0 Å². The largest absolute Gasteiger partial charge is 0.370 e. The fourth-order valence-electron chi connectivity index (χ4n) is 2.94. The second-order valence-corrected chi connectivity index (χ2v) is 9.46. The molecule has 0 spiro atoms. The summed E-state index contributed by atoms with van der Waals surface area (Å²) in [5.41, 5.74) is 8.13. The van der Waals surface area contributed by atoms with Gasteiger partial charge < -0.3 is 11.1 Å². The molecule has 0 aliphatic carbocycles. The summed E-state index contributed by atoms with van der Waals surface area (Å²) in [7, 11) is -3.37. The lowest BCUT2D eigenvalue weighted by atomic mass is 10.1. The Bertz CT molecular complexity index is 852. The van der Waals surface area contributed by atoms with Gasteiger partial charge in [-0.25, -0.2) is 8.42 Å². The minimum atomic E-state index is -3.37. The van der Waals surface area contributed by atoms with Gasteiger partial charge in [0, 0.05) is 25.3 Å². The first-order chi connectivity index (χ1) is 12.5. The zero-order valence-electron chi connectivity index (χ0n) is 15.2. The van der Waals surface area contributed by atoms with Crippen LogP contribution in [-0.2, 0) is 16.4 Å². The van der Waals surface area contributed by atoms with Crippen LogP contribution in [0.2, 0.25) is 0 Å². The van der Waals surface area contributed by atoms with Crippen LogP contribution in [0, 0.1) is 5.92 Å². The molecule has 0 bridgehead atoms. The second kappa shape index (κ2) is 9.85. The second-order valence-electron chi connectivity index (χ2n) is 6.35. The summed E-state index contributed by atoms with van der Waals surface area (Å²) in [6.07, 6.45) is 1.79. The molecule has 3 rings (SSSR count). The van der Waals surface area contributed by atoms with E-state index in [0.29, 0.717) is 29.8 Å². The van der Waals surface area contributed by atoms with Crippen molar-refractivity contribution in [3.8, 4) is 0 Å². The number of nitrogens with two attached hydrogens (primary N) is 1. The Labute approximate surface area is 181 Å². The number of benzene rings is 1. The quantitative estimate of drug-likeness (QED) is 0.348. The van der Waals surface area contributed by atoms with Gasteiger partial charge in [-0.05, 0) is 47.9 Å². The van der Waals surface area contributed by atoms with E-state index >= 15 is 0 Å². The highest BCUT2D eigenvalue weighted by atomic mass is 127. The average Bonchev–Trinajstić information content (AvgIpc) is 3.33. The molecule has 1 fully saturated rings. The van der Waals surface area contributed by atoms with Gasteiger partial charge in [-0.3, -0.25) is 4.99 Å². The number of thiophene rings is 1. The number of hydrogen-bond acceptors (Lipinski definition) is 4. The van der Waals surface area contributed by atoms with Crippen LogP contribution in [0.4, 0.5) is 5.69 Å². The van der Waals surface area contributed by atoms with E-state index in [1.807, 2.05) is 12.1 Å². The molecular weight excluding hydrogens is 495 g/mol. The number of sulfonamides is 1. The molecule has 2 aromatic rings. The van der Waals surface area contributed by atoms with Crippen molar-refractivity contribution >= 4 is 57.0 Å². The first-order valence-electron chi connectivity index (χ1n) is 8.68. The topological polar surface area (TPSA) is 87.8 Å². The molecule has 2 heterocycles. The minimum Gasteiger partial charge on any atom is -0.370 e. The number of hydrogen-bond donors (Lipinski definition) is 2.